The normalized spacial score (nSPS) is 17.5. The fourth-order valence-corrected chi connectivity index (χ4v) is 3.20. The molecule has 1 aliphatic heterocycles. The van der Waals surface area contributed by atoms with E-state index in [-0.39, 0.29) is 11.9 Å². The summed E-state index contributed by atoms with van der Waals surface area (Å²) in [7, 11) is 1.93. The van der Waals surface area contributed by atoms with E-state index in [4.69, 9.17) is 0 Å². The van der Waals surface area contributed by atoms with Gasteiger partial charge in [-0.05, 0) is 43.0 Å². The van der Waals surface area contributed by atoms with Crippen molar-refractivity contribution in [1.82, 2.24) is 14.9 Å². The molecule has 1 atom stereocenters. The van der Waals surface area contributed by atoms with E-state index >= 15 is 0 Å². The highest BCUT2D eigenvalue weighted by Gasteiger charge is 2.26. The standard InChI is InChI=1S/C19H24N4O/c1-22(19(24)10-9-16-6-4-11-20-14-16)17-7-5-13-23(15-17)18-8-2-3-12-21-18/h2-4,6,8,11-12,14,17H,5,7,9-10,13,15H2,1H3/t17-/m0/s1. The van der Waals surface area contributed by atoms with Crippen LogP contribution in [0.5, 0.6) is 0 Å². The monoisotopic (exact) mass is 324 g/mol. The molecule has 1 fully saturated rings. The number of hydrogen-bond donors (Lipinski definition) is 0. The molecule has 1 amide bonds. The first-order valence-corrected chi connectivity index (χ1v) is 8.54. The number of nitrogens with zero attached hydrogens (tertiary/aromatic N) is 4. The molecular weight excluding hydrogens is 300 g/mol. The number of hydrogen-bond acceptors (Lipinski definition) is 4. The molecule has 0 radical (unpaired) electrons. The molecule has 0 bridgehead atoms. The first-order valence-electron chi connectivity index (χ1n) is 8.54. The van der Waals surface area contributed by atoms with Gasteiger partial charge in [0.15, 0.2) is 0 Å². The maximum atomic E-state index is 12.5. The second kappa shape index (κ2) is 7.90. The lowest BCUT2D eigenvalue weighted by atomic mass is 10.0. The number of carbonyl (C=O) groups is 1. The SMILES string of the molecule is CN(C(=O)CCc1cccnc1)[C@H]1CCCN(c2ccccn2)C1. The van der Waals surface area contributed by atoms with Gasteiger partial charge in [-0.25, -0.2) is 4.98 Å². The van der Waals surface area contributed by atoms with Crippen LogP contribution in [0.1, 0.15) is 24.8 Å². The molecule has 0 saturated carbocycles. The number of piperidine rings is 1. The minimum Gasteiger partial charge on any atom is -0.355 e. The summed E-state index contributed by atoms with van der Waals surface area (Å²) < 4.78 is 0. The minimum absolute atomic E-state index is 0.201. The summed E-state index contributed by atoms with van der Waals surface area (Å²) in [4.78, 5) is 25.3. The molecule has 0 spiro atoms. The molecule has 1 saturated heterocycles. The van der Waals surface area contributed by atoms with Crippen LogP contribution in [0.25, 0.3) is 0 Å². The summed E-state index contributed by atoms with van der Waals surface area (Å²) in [6.45, 7) is 1.86. The van der Waals surface area contributed by atoms with E-state index in [2.05, 4.69) is 14.9 Å². The van der Waals surface area contributed by atoms with Crippen LogP contribution in [-0.4, -0.2) is 47.0 Å². The summed E-state index contributed by atoms with van der Waals surface area (Å²) in [5, 5.41) is 0. The van der Waals surface area contributed by atoms with Gasteiger partial charge in [0.25, 0.3) is 0 Å². The predicted octanol–water partition coefficient (Wildman–Crippen LogP) is 2.54. The number of amides is 1. The third-order valence-electron chi connectivity index (χ3n) is 4.66. The zero-order chi connectivity index (χ0) is 16.8. The van der Waals surface area contributed by atoms with Gasteiger partial charge in [0.2, 0.25) is 5.91 Å². The molecule has 0 aliphatic carbocycles. The molecule has 0 N–H and O–H groups in total. The highest BCUT2D eigenvalue weighted by atomic mass is 16.2. The zero-order valence-corrected chi connectivity index (χ0v) is 14.1. The summed E-state index contributed by atoms with van der Waals surface area (Å²) >= 11 is 0. The Bertz CT molecular complexity index is 647. The molecule has 1 aliphatic rings. The van der Waals surface area contributed by atoms with Crippen molar-refractivity contribution in [2.24, 2.45) is 0 Å². The van der Waals surface area contributed by atoms with Gasteiger partial charge in [-0.2, -0.15) is 0 Å². The largest absolute Gasteiger partial charge is 0.355 e. The smallest absolute Gasteiger partial charge is 0.222 e. The fourth-order valence-electron chi connectivity index (χ4n) is 3.20. The van der Waals surface area contributed by atoms with Crippen molar-refractivity contribution in [3.63, 3.8) is 0 Å². The maximum absolute atomic E-state index is 12.5. The second-order valence-electron chi connectivity index (χ2n) is 6.30. The molecule has 126 valence electrons. The summed E-state index contributed by atoms with van der Waals surface area (Å²) in [5.74, 6) is 1.20. The summed E-state index contributed by atoms with van der Waals surface area (Å²) in [6.07, 6.45) is 8.82. The zero-order valence-electron chi connectivity index (χ0n) is 14.1. The van der Waals surface area contributed by atoms with Crippen molar-refractivity contribution >= 4 is 11.7 Å². The highest BCUT2D eigenvalue weighted by molar-refractivity contribution is 5.76. The number of anilines is 1. The van der Waals surface area contributed by atoms with Crippen LogP contribution in [0.15, 0.2) is 48.9 Å². The molecule has 3 heterocycles. The first-order chi connectivity index (χ1) is 11.7. The van der Waals surface area contributed by atoms with Gasteiger partial charge in [0.05, 0.1) is 0 Å². The molecule has 24 heavy (non-hydrogen) atoms. The van der Waals surface area contributed by atoms with Crippen molar-refractivity contribution in [3.05, 3.63) is 54.5 Å². The van der Waals surface area contributed by atoms with Crippen LogP contribution < -0.4 is 4.90 Å². The Morgan fingerprint density at radius 3 is 2.96 bits per heavy atom. The Morgan fingerprint density at radius 2 is 2.21 bits per heavy atom. The molecule has 0 unspecified atom stereocenters. The van der Waals surface area contributed by atoms with E-state index in [0.717, 1.165) is 43.7 Å². The van der Waals surface area contributed by atoms with Gasteiger partial charge in [0, 0.05) is 51.2 Å². The van der Waals surface area contributed by atoms with Crippen molar-refractivity contribution in [1.29, 1.82) is 0 Å². The Labute approximate surface area is 143 Å². The number of aryl methyl sites for hydroxylation is 1. The highest BCUT2D eigenvalue weighted by Crippen LogP contribution is 2.20. The predicted molar refractivity (Wildman–Crippen MR) is 94.8 cm³/mol. The average Bonchev–Trinajstić information content (AvgIpc) is 2.67. The summed E-state index contributed by atoms with van der Waals surface area (Å²) in [5.41, 5.74) is 1.11. The van der Waals surface area contributed by atoms with E-state index in [1.165, 1.54) is 0 Å². The van der Waals surface area contributed by atoms with Gasteiger partial charge in [-0.1, -0.05) is 12.1 Å². The van der Waals surface area contributed by atoms with Crippen LogP contribution in [0.2, 0.25) is 0 Å². The molecule has 3 rings (SSSR count). The van der Waals surface area contributed by atoms with Gasteiger partial charge in [0.1, 0.15) is 5.82 Å². The van der Waals surface area contributed by atoms with Crippen LogP contribution >= 0.6 is 0 Å². The molecule has 2 aromatic rings. The maximum Gasteiger partial charge on any atom is 0.222 e. The lowest BCUT2D eigenvalue weighted by molar-refractivity contribution is -0.132. The van der Waals surface area contributed by atoms with Crippen LogP contribution in [0.4, 0.5) is 5.82 Å². The quantitative estimate of drug-likeness (QED) is 0.848. The number of carbonyl (C=O) groups excluding carboxylic acids is 1. The van der Waals surface area contributed by atoms with Gasteiger partial charge in [-0.15, -0.1) is 0 Å². The van der Waals surface area contributed by atoms with Crippen molar-refractivity contribution < 1.29 is 4.79 Å². The van der Waals surface area contributed by atoms with E-state index < -0.39 is 0 Å². The Kier molecular flexibility index (Phi) is 5.41. The first kappa shape index (κ1) is 16.4. The number of pyridine rings is 2. The van der Waals surface area contributed by atoms with E-state index in [1.54, 1.807) is 6.20 Å². The second-order valence-corrected chi connectivity index (χ2v) is 6.30. The van der Waals surface area contributed by atoms with Crippen LogP contribution in [0, 0.1) is 0 Å². The van der Waals surface area contributed by atoms with Gasteiger partial charge in [-0.3, -0.25) is 9.78 Å². The van der Waals surface area contributed by atoms with E-state index in [1.807, 2.05) is 54.7 Å². The van der Waals surface area contributed by atoms with Crippen molar-refractivity contribution in [2.45, 2.75) is 31.7 Å². The molecular formula is C19H24N4O. The van der Waals surface area contributed by atoms with Crippen LogP contribution in [-0.2, 0) is 11.2 Å². The fraction of sp³-hybridized carbons (Fsp3) is 0.421. The lowest BCUT2D eigenvalue weighted by Crippen LogP contribution is -2.48. The Hall–Kier alpha value is -2.43. The number of likely N-dealkylation sites (N-methyl/N-ethyl adjacent to an activating group) is 1. The average molecular weight is 324 g/mol. The summed E-state index contributed by atoms with van der Waals surface area (Å²) in [6, 6.07) is 10.2. The Balaban J connectivity index is 1.55. The lowest BCUT2D eigenvalue weighted by Gasteiger charge is -2.38. The molecule has 2 aromatic heterocycles. The molecule has 5 nitrogen and oxygen atoms in total. The van der Waals surface area contributed by atoms with Gasteiger partial charge < -0.3 is 9.80 Å². The van der Waals surface area contributed by atoms with E-state index in [9.17, 15) is 4.79 Å². The molecule has 5 heteroatoms. The third kappa shape index (κ3) is 4.10. The number of aromatic nitrogens is 2. The van der Waals surface area contributed by atoms with E-state index in [0.29, 0.717) is 6.42 Å². The van der Waals surface area contributed by atoms with Gasteiger partial charge >= 0.3 is 0 Å². The minimum atomic E-state index is 0.201. The van der Waals surface area contributed by atoms with Crippen molar-refractivity contribution in [3.8, 4) is 0 Å². The van der Waals surface area contributed by atoms with Crippen molar-refractivity contribution in [2.75, 3.05) is 25.0 Å². The Morgan fingerprint density at radius 1 is 1.29 bits per heavy atom. The molecule has 0 aromatic carbocycles. The topological polar surface area (TPSA) is 49.3 Å². The third-order valence-corrected chi connectivity index (χ3v) is 4.66. The van der Waals surface area contributed by atoms with Crippen LogP contribution in [0.3, 0.4) is 0 Å². The number of rotatable bonds is 5.